The summed E-state index contributed by atoms with van der Waals surface area (Å²) in [6.07, 6.45) is -0.337. The fourth-order valence-corrected chi connectivity index (χ4v) is 3.61. The van der Waals surface area contributed by atoms with E-state index in [4.69, 9.17) is 9.47 Å². The second kappa shape index (κ2) is 8.77. The van der Waals surface area contributed by atoms with Crippen molar-refractivity contribution in [3.8, 4) is 0 Å². The molecule has 2 aromatic carbocycles. The molecule has 0 aliphatic carbocycles. The van der Waals surface area contributed by atoms with E-state index >= 15 is 0 Å². The lowest BCUT2D eigenvalue weighted by Crippen LogP contribution is -2.43. The number of aromatic amines is 1. The lowest BCUT2D eigenvalue weighted by atomic mass is 10.1. The molecule has 30 heavy (non-hydrogen) atoms. The molecule has 3 aromatic rings. The zero-order chi connectivity index (χ0) is 21.1. The van der Waals surface area contributed by atoms with E-state index in [2.05, 4.69) is 4.98 Å². The molecule has 4 rings (SSSR count). The van der Waals surface area contributed by atoms with E-state index < -0.39 is 11.7 Å². The number of hydrogen-bond acceptors (Lipinski definition) is 4. The van der Waals surface area contributed by atoms with E-state index in [1.807, 2.05) is 25.1 Å². The smallest absolute Gasteiger partial charge is 0.257 e. The second-order valence-corrected chi connectivity index (χ2v) is 7.45. The van der Waals surface area contributed by atoms with Gasteiger partial charge in [-0.3, -0.25) is 9.59 Å². The topological polar surface area (TPSA) is 71.6 Å². The van der Waals surface area contributed by atoms with Crippen molar-refractivity contribution < 1.29 is 18.7 Å². The minimum absolute atomic E-state index is 0.0340. The normalized spacial score (nSPS) is 16.5. The Hall–Kier alpha value is -3.03. The van der Waals surface area contributed by atoms with Crippen LogP contribution >= 0.6 is 0 Å². The number of amides is 1. The summed E-state index contributed by atoms with van der Waals surface area (Å²) < 4.78 is 25.4. The van der Waals surface area contributed by atoms with Crippen molar-refractivity contribution in [1.82, 2.24) is 9.88 Å². The Morgan fingerprint density at radius 1 is 1.20 bits per heavy atom. The molecule has 1 amide bonds. The Balaban J connectivity index is 1.67. The van der Waals surface area contributed by atoms with Gasteiger partial charge in [-0.1, -0.05) is 23.8 Å². The third-order valence-electron chi connectivity index (χ3n) is 5.14. The number of H-pyrrole nitrogens is 1. The molecule has 156 valence electrons. The number of nitrogens with one attached hydrogen (secondary N) is 1. The van der Waals surface area contributed by atoms with Crippen LogP contribution in [0.1, 0.15) is 21.5 Å². The van der Waals surface area contributed by atoms with Crippen LogP contribution in [-0.2, 0) is 16.0 Å². The van der Waals surface area contributed by atoms with E-state index in [1.54, 1.807) is 12.1 Å². The van der Waals surface area contributed by atoms with E-state index in [0.717, 1.165) is 16.5 Å². The maximum absolute atomic E-state index is 14.3. The Kier molecular flexibility index (Phi) is 5.92. The van der Waals surface area contributed by atoms with Gasteiger partial charge >= 0.3 is 0 Å². The standard InChI is InChI=1S/C23H23FN2O4/c1-15-6-7-21-16(10-15)11-17(22(27)25-21)12-26(13-18-14-29-8-9-30-18)23(28)19-4-2-3-5-20(19)24/h2-7,10-11,18H,8-9,12-14H2,1H3,(H,25,27). The molecule has 1 N–H and O–H groups in total. The first-order chi connectivity index (χ1) is 14.5. The van der Waals surface area contributed by atoms with Gasteiger partial charge in [-0.2, -0.15) is 0 Å². The molecule has 0 saturated carbocycles. The molecular weight excluding hydrogens is 387 g/mol. The number of aromatic nitrogens is 1. The predicted molar refractivity (Wildman–Crippen MR) is 111 cm³/mol. The summed E-state index contributed by atoms with van der Waals surface area (Å²) in [7, 11) is 0. The number of carbonyl (C=O) groups is 1. The number of rotatable bonds is 5. The maximum Gasteiger partial charge on any atom is 0.257 e. The van der Waals surface area contributed by atoms with Gasteiger partial charge in [0.25, 0.3) is 11.5 Å². The summed E-state index contributed by atoms with van der Waals surface area (Å²) in [5, 5.41) is 0.875. The van der Waals surface area contributed by atoms with E-state index in [-0.39, 0.29) is 30.3 Å². The van der Waals surface area contributed by atoms with Crippen LogP contribution in [0, 0.1) is 12.7 Å². The van der Waals surface area contributed by atoms with E-state index in [1.165, 1.54) is 23.1 Å². The largest absolute Gasteiger partial charge is 0.376 e. The highest BCUT2D eigenvalue weighted by Gasteiger charge is 2.25. The van der Waals surface area contributed by atoms with Crippen LogP contribution in [0.25, 0.3) is 10.9 Å². The summed E-state index contributed by atoms with van der Waals surface area (Å²) in [6, 6.07) is 13.4. The van der Waals surface area contributed by atoms with E-state index in [9.17, 15) is 14.0 Å². The number of nitrogens with zero attached hydrogens (tertiary/aromatic N) is 1. The molecule has 0 spiro atoms. The van der Waals surface area contributed by atoms with Crippen molar-refractivity contribution in [3.63, 3.8) is 0 Å². The van der Waals surface area contributed by atoms with Crippen LogP contribution in [0.3, 0.4) is 0 Å². The lowest BCUT2D eigenvalue weighted by Gasteiger charge is -2.30. The molecule has 0 bridgehead atoms. The monoisotopic (exact) mass is 410 g/mol. The van der Waals surface area contributed by atoms with Crippen LogP contribution in [0.2, 0.25) is 0 Å². The molecule has 6 nitrogen and oxygen atoms in total. The van der Waals surface area contributed by atoms with Crippen LogP contribution < -0.4 is 5.56 Å². The van der Waals surface area contributed by atoms with Crippen molar-refractivity contribution in [2.75, 3.05) is 26.4 Å². The molecule has 1 aromatic heterocycles. The van der Waals surface area contributed by atoms with Gasteiger partial charge in [0.05, 0.1) is 38.0 Å². The quantitative estimate of drug-likeness (QED) is 0.702. The summed E-state index contributed by atoms with van der Waals surface area (Å²) in [5.74, 6) is -1.10. The van der Waals surface area contributed by atoms with Crippen LogP contribution in [-0.4, -0.2) is 48.3 Å². The highest BCUT2D eigenvalue weighted by molar-refractivity contribution is 5.94. The lowest BCUT2D eigenvalue weighted by molar-refractivity contribution is -0.0953. The summed E-state index contributed by atoms with van der Waals surface area (Å²) in [6.45, 7) is 3.47. The van der Waals surface area contributed by atoms with Crippen molar-refractivity contribution >= 4 is 16.8 Å². The maximum atomic E-state index is 14.3. The molecule has 1 aliphatic heterocycles. The van der Waals surface area contributed by atoms with Gasteiger partial charge < -0.3 is 19.4 Å². The van der Waals surface area contributed by atoms with Crippen LogP contribution in [0.5, 0.6) is 0 Å². The summed E-state index contributed by atoms with van der Waals surface area (Å²) >= 11 is 0. The van der Waals surface area contributed by atoms with Crippen molar-refractivity contribution in [2.24, 2.45) is 0 Å². The van der Waals surface area contributed by atoms with Gasteiger partial charge in [0, 0.05) is 17.6 Å². The molecule has 1 aliphatic rings. The predicted octanol–water partition coefficient (Wildman–Crippen LogP) is 3.03. The molecule has 1 atom stereocenters. The highest BCUT2D eigenvalue weighted by atomic mass is 19.1. The number of fused-ring (bicyclic) bond motifs is 1. The van der Waals surface area contributed by atoms with Gasteiger partial charge in [-0.15, -0.1) is 0 Å². The van der Waals surface area contributed by atoms with Crippen molar-refractivity contribution in [1.29, 1.82) is 0 Å². The van der Waals surface area contributed by atoms with Gasteiger partial charge in [0.15, 0.2) is 0 Å². The fraction of sp³-hybridized carbons (Fsp3) is 0.304. The minimum Gasteiger partial charge on any atom is -0.376 e. The third-order valence-corrected chi connectivity index (χ3v) is 5.14. The zero-order valence-electron chi connectivity index (χ0n) is 16.7. The Morgan fingerprint density at radius 2 is 2.03 bits per heavy atom. The van der Waals surface area contributed by atoms with Crippen LogP contribution in [0.4, 0.5) is 4.39 Å². The number of benzene rings is 2. The van der Waals surface area contributed by atoms with Crippen molar-refractivity contribution in [3.05, 3.63) is 81.4 Å². The number of pyridine rings is 1. The Morgan fingerprint density at radius 3 is 2.80 bits per heavy atom. The first kappa shape index (κ1) is 20.3. The SMILES string of the molecule is Cc1ccc2[nH]c(=O)c(CN(CC3COCCO3)C(=O)c3ccccc3F)cc2c1. The number of carbonyl (C=O) groups excluding carboxylic acids is 1. The number of hydrogen-bond donors (Lipinski definition) is 1. The first-order valence-corrected chi connectivity index (χ1v) is 9.87. The molecular formula is C23H23FN2O4. The zero-order valence-corrected chi connectivity index (χ0v) is 16.7. The van der Waals surface area contributed by atoms with Crippen LogP contribution in [0.15, 0.2) is 53.3 Å². The first-order valence-electron chi connectivity index (χ1n) is 9.87. The summed E-state index contributed by atoms with van der Waals surface area (Å²) in [5.41, 5.74) is 1.90. The molecule has 7 heteroatoms. The molecule has 1 unspecified atom stereocenters. The Bertz CT molecular complexity index is 1120. The molecule has 1 fully saturated rings. The highest BCUT2D eigenvalue weighted by Crippen LogP contribution is 2.17. The molecule has 2 heterocycles. The average Bonchev–Trinajstić information content (AvgIpc) is 2.74. The van der Waals surface area contributed by atoms with Gasteiger partial charge in [0.1, 0.15) is 5.82 Å². The van der Waals surface area contributed by atoms with Gasteiger partial charge in [-0.05, 0) is 42.6 Å². The Labute approximate surface area is 173 Å². The van der Waals surface area contributed by atoms with Crippen molar-refractivity contribution in [2.45, 2.75) is 19.6 Å². The minimum atomic E-state index is -0.601. The number of halogens is 1. The van der Waals surface area contributed by atoms with E-state index in [0.29, 0.717) is 25.4 Å². The van der Waals surface area contributed by atoms with Gasteiger partial charge in [0.2, 0.25) is 0 Å². The van der Waals surface area contributed by atoms with Gasteiger partial charge in [-0.25, -0.2) is 4.39 Å². The average molecular weight is 410 g/mol. The summed E-state index contributed by atoms with van der Waals surface area (Å²) in [4.78, 5) is 30.1. The molecule has 0 radical (unpaired) electrons. The molecule has 1 saturated heterocycles. The third kappa shape index (κ3) is 4.42. The fourth-order valence-electron chi connectivity index (χ4n) is 3.61. The second-order valence-electron chi connectivity index (χ2n) is 7.45. The number of aryl methyl sites for hydroxylation is 1. The number of ether oxygens (including phenoxy) is 2.